The number of rotatable bonds is 12. The topological polar surface area (TPSA) is 180 Å². The Morgan fingerprint density at radius 3 is 2.32 bits per heavy atom. The average molecular weight is 915 g/mol. The summed E-state index contributed by atoms with van der Waals surface area (Å²) in [7, 11) is 5.71. The molecule has 1 saturated carbocycles. The van der Waals surface area contributed by atoms with E-state index in [1.54, 1.807) is 12.1 Å². The third-order valence-corrected chi connectivity index (χ3v) is 12.3. The normalized spacial score (nSPS) is 17.3. The fourth-order valence-corrected chi connectivity index (χ4v) is 8.97. The molecule has 1 aromatic carbocycles. The lowest BCUT2D eigenvalue weighted by molar-refractivity contribution is -0.141. The standard InChI is InChI=1S/C26H36N6O4.C21H21F3N4O2/c1-29(2)15-19-7-10-30(11-8-19)22-12-23(14-27-13-22)31-9-3-4-20(16-31)26(36)28-21-5-6-24(33)32(17-21)18-25(34)35;1-30-18-11-16-13(12-28(27-16)14-6-3-2-4-7-14)10-17(18)26-20(29)15-8-5-9-19(25-15)21(22,23)24/h5-6,12-14,17,19-20H,3-4,7-11,15-16,18H2,1-2H3,(H,28,36)(H,34,35);5,8-12,14H,2-4,6-7H2,1H3,(H,26,29). The number of ether oxygens (including phenoxy) is 1. The predicted molar refractivity (Wildman–Crippen MR) is 245 cm³/mol. The zero-order chi connectivity index (χ0) is 47.0. The van der Waals surface area contributed by atoms with Crippen molar-refractivity contribution in [2.75, 3.05) is 74.4 Å². The molecular weight excluding hydrogens is 858 g/mol. The number of benzene rings is 1. The van der Waals surface area contributed by atoms with Crippen LogP contribution in [0.4, 0.5) is 35.9 Å². The number of amides is 2. The Bertz CT molecular complexity index is 2550. The van der Waals surface area contributed by atoms with Crippen LogP contribution in [0.1, 0.15) is 80.0 Å². The number of methoxy groups -OCH3 is 1. The smallest absolute Gasteiger partial charge is 0.433 e. The van der Waals surface area contributed by atoms with E-state index in [0.717, 1.165) is 96.8 Å². The number of pyridine rings is 3. The van der Waals surface area contributed by atoms with E-state index in [-0.39, 0.29) is 17.5 Å². The molecule has 4 aromatic heterocycles. The highest BCUT2D eigenvalue weighted by Gasteiger charge is 2.33. The van der Waals surface area contributed by atoms with Gasteiger partial charge in [-0.3, -0.25) is 28.8 Å². The van der Waals surface area contributed by atoms with Gasteiger partial charge in [0.15, 0.2) is 0 Å². The van der Waals surface area contributed by atoms with Crippen molar-refractivity contribution in [2.24, 2.45) is 11.8 Å². The number of carboxylic acids is 1. The molecular formula is C47H57F3N10O6. The Morgan fingerprint density at radius 1 is 0.879 bits per heavy atom. The minimum absolute atomic E-state index is 0.132. The van der Waals surface area contributed by atoms with Crippen molar-refractivity contribution in [3.63, 3.8) is 0 Å². The third-order valence-electron chi connectivity index (χ3n) is 12.3. The molecule has 352 valence electrons. The molecule has 3 N–H and O–H groups in total. The molecule has 1 atom stereocenters. The van der Waals surface area contributed by atoms with Crippen LogP contribution in [-0.4, -0.2) is 106 Å². The molecule has 6 heterocycles. The molecule has 2 saturated heterocycles. The van der Waals surface area contributed by atoms with Crippen molar-refractivity contribution < 1.29 is 37.4 Å². The maximum absolute atomic E-state index is 13.0. The summed E-state index contributed by atoms with van der Waals surface area (Å²) in [5, 5.41) is 19.9. The minimum Gasteiger partial charge on any atom is -0.494 e. The summed E-state index contributed by atoms with van der Waals surface area (Å²) >= 11 is 0. The SMILES string of the molecule is CN(C)CC1CCN(c2cncc(N3CCCC(C(=O)Nc4ccc(=O)n(CC(=O)O)c4)C3)c2)CC1.COc1cc2nn(C3CCCCC3)cc2cc1NC(=O)c1cccc(C(F)(F)F)n1. The summed E-state index contributed by atoms with van der Waals surface area (Å²) in [4.78, 5) is 63.2. The van der Waals surface area contributed by atoms with Crippen molar-refractivity contribution in [1.29, 1.82) is 0 Å². The van der Waals surface area contributed by atoms with Gasteiger partial charge in [-0.15, -0.1) is 0 Å². The summed E-state index contributed by atoms with van der Waals surface area (Å²) in [6.07, 6.45) is 12.2. The average Bonchev–Trinajstić information content (AvgIpc) is 3.73. The van der Waals surface area contributed by atoms with Crippen molar-refractivity contribution in [1.82, 2.24) is 29.2 Å². The van der Waals surface area contributed by atoms with Crippen molar-refractivity contribution in [3.05, 3.63) is 95.1 Å². The first-order valence-corrected chi connectivity index (χ1v) is 22.4. The third kappa shape index (κ3) is 12.2. The molecule has 1 unspecified atom stereocenters. The fraction of sp³-hybridized carbons (Fsp3) is 0.468. The van der Waals surface area contributed by atoms with Gasteiger partial charge in [-0.2, -0.15) is 18.3 Å². The van der Waals surface area contributed by atoms with Gasteiger partial charge in [-0.1, -0.05) is 25.3 Å². The van der Waals surface area contributed by atoms with Crippen molar-refractivity contribution in [2.45, 2.75) is 76.6 Å². The quantitative estimate of drug-likeness (QED) is 0.115. The lowest BCUT2D eigenvalue weighted by Crippen LogP contribution is -2.41. The molecule has 0 bridgehead atoms. The van der Waals surface area contributed by atoms with E-state index in [4.69, 9.17) is 9.84 Å². The van der Waals surface area contributed by atoms with E-state index in [9.17, 15) is 32.3 Å². The molecule has 3 aliphatic rings. The second kappa shape index (κ2) is 21.2. The largest absolute Gasteiger partial charge is 0.494 e. The van der Waals surface area contributed by atoms with Crippen LogP contribution >= 0.6 is 0 Å². The van der Waals surface area contributed by atoms with Gasteiger partial charge < -0.3 is 39.7 Å². The highest BCUT2D eigenvalue weighted by Crippen LogP contribution is 2.34. The number of carboxylic acid groups (broad SMARTS) is 1. The van der Waals surface area contributed by atoms with Crippen LogP contribution in [0.5, 0.6) is 5.75 Å². The van der Waals surface area contributed by atoms with Crippen LogP contribution in [0, 0.1) is 11.8 Å². The number of carbonyl (C=O) groups is 3. The molecule has 19 heteroatoms. The zero-order valence-electron chi connectivity index (χ0n) is 37.5. The number of alkyl halides is 3. The number of aliphatic carboxylic acids is 1. The Kier molecular flexibility index (Phi) is 15.3. The van der Waals surface area contributed by atoms with E-state index in [1.165, 1.54) is 63.6 Å². The molecule has 2 amide bonds. The minimum atomic E-state index is -4.62. The Labute approximate surface area is 380 Å². The summed E-state index contributed by atoms with van der Waals surface area (Å²) in [6, 6.07) is 11.9. The number of halogens is 3. The number of fused-ring (bicyclic) bond motifs is 1. The molecule has 16 nitrogen and oxygen atoms in total. The molecule has 5 aromatic rings. The summed E-state index contributed by atoms with van der Waals surface area (Å²) < 4.78 is 47.0. The molecule has 0 spiro atoms. The zero-order valence-corrected chi connectivity index (χ0v) is 37.5. The monoisotopic (exact) mass is 914 g/mol. The van der Waals surface area contributed by atoms with E-state index in [2.05, 4.69) is 60.6 Å². The van der Waals surface area contributed by atoms with Gasteiger partial charge in [-0.25, -0.2) is 4.98 Å². The number of hydrogen-bond donors (Lipinski definition) is 3. The first kappa shape index (κ1) is 47.5. The van der Waals surface area contributed by atoms with E-state index >= 15 is 0 Å². The van der Waals surface area contributed by atoms with E-state index in [0.29, 0.717) is 29.7 Å². The van der Waals surface area contributed by atoms with Gasteiger partial charge in [0.05, 0.1) is 59.7 Å². The second-order valence-corrected chi connectivity index (χ2v) is 17.5. The van der Waals surface area contributed by atoms with Crippen LogP contribution in [0.3, 0.4) is 0 Å². The van der Waals surface area contributed by atoms with Gasteiger partial charge in [0, 0.05) is 62.6 Å². The lowest BCUT2D eigenvalue weighted by atomic mass is 9.95. The number of piperidine rings is 2. The molecule has 3 fully saturated rings. The van der Waals surface area contributed by atoms with Gasteiger partial charge in [0.1, 0.15) is 23.7 Å². The summed E-state index contributed by atoms with van der Waals surface area (Å²) in [6.45, 7) is 4.18. The highest BCUT2D eigenvalue weighted by molar-refractivity contribution is 6.05. The molecule has 0 radical (unpaired) electrons. The number of hydrogen-bond acceptors (Lipinski definition) is 11. The van der Waals surface area contributed by atoms with E-state index < -0.39 is 35.9 Å². The molecule has 66 heavy (non-hydrogen) atoms. The molecule has 2 aliphatic heterocycles. The Balaban J connectivity index is 0.000000199. The summed E-state index contributed by atoms with van der Waals surface area (Å²) in [5.74, 6) is -1.11. The predicted octanol–water partition coefficient (Wildman–Crippen LogP) is 7.18. The number of aromatic nitrogens is 5. The number of nitrogens with one attached hydrogen (secondary N) is 2. The first-order chi connectivity index (χ1) is 31.6. The van der Waals surface area contributed by atoms with Crippen LogP contribution in [0.25, 0.3) is 10.9 Å². The van der Waals surface area contributed by atoms with Gasteiger partial charge >= 0.3 is 12.1 Å². The van der Waals surface area contributed by atoms with E-state index in [1.807, 2.05) is 23.3 Å². The van der Waals surface area contributed by atoms with Gasteiger partial charge in [-0.05, 0) is 88.9 Å². The van der Waals surface area contributed by atoms with Crippen molar-refractivity contribution >= 4 is 51.4 Å². The van der Waals surface area contributed by atoms with Gasteiger partial charge in [0.25, 0.3) is 11.5 Å². The van der Waals surface area contributed by atoms with Crippen LogP contribution < -0.4 is 30.7 Å². The van der Waals surface area contributed by atoms with Gasteiger partial charge in [0.2, 0.25) is 5.91 Å². The summed E-state index contributed by atoms with van der Waals surface area (Å²) in [5.41, 5.74) is 1.77. The first-order valence-electron chi connectivity index (χ1n) is 22.4. The fourth-order valence-electron chi connectivity index (χ4n) is 8.97. The van der Waals surface area contributed by atoms with Crippen LogP contribution in [0.15, 0.2) is 78.1 Å². The molecule has 1 aliphatic carbocycles. The number of anilines is 4. The number of nitrogens with zero attached hydrogens (tertiary/aromatic N) is 8. The number of carbonyl (C=O) groups excluding carboxylic acids is 2. The lowest BCUT2D eigenvalue weighted by Gasteiger charge is -2.36. The maximum Gasteiger partial charge on any atom is 0.433 e. The van der Waals surface area contributed by atoms with Crippen molar-refractivity contribution in [3.8, 4) is 5.75 Å². The van der Waals surface area contributed by atoms with Crippen LogP contribution in [-0.2, 0) is 22.3 Å². The Hall–Kier alpha value is -6.50. The Morgan fingerprint density at radius 2 is 1.62 bits per heavy atom. The van der Waals surface area contributed by atoms with Crippen LogP contribution in [0.2, 0.25) is 0 Å². The molecule has 8 rings (SSSR count). The maximum atomic E-state index is 13.0. The highest BCUT2D eigenvalue weighted by atomic mass is 19.4. The second-order valence-electron chi connectivity index (χ2n) is 17.5.